The van der Waals surface area contributed by atoms with Crippen molar-refractivity contribution in [2.24, 2.45) is 5.92 Å². The summed E-state index contributed by atoms with van der Waals surface area (Å²) in [5.41, 5.74) is 0. The van der Waals surface area contributed by atoms with Gasteiger partial charge in [-0.25, -0.2) is 0 Å². The third-order valence-electron chi connectivity index (χ3n) is 2.01. The average Bonchev–Trinajstić information content (AvgIpc) is 2.41. The van der Waals surface area contributed by atoms with Gasteiger partial charge in [-0.05, 0) is 31.8 Å². The van der Waals surface area contributed by atoms with Crippen LogP contribution >= 0.6 is 0 Å². The Hall–Kier alpha value is -0.460. The molecular weight excluding hydrogens is 124 g/mol. The van der Waals surface area contributed by atoms with Crippen molar-refractivity contribution in [3.8, 4) is 0 Å². The van der Waals surface area contributed by atoms with E-state index in [4.69, 9.17) is 4.74 Å². The molecule has 1 nitrogen and oxygen atoms in total. The van der Waals surface area contributed by atoms with E-state index in [0.717, 1.165) is 12.5 Å². The molecule has 1 aliphatic carbocycles. The van der Waals surface area contributed by atoms with Crippen LogP contribution in [0.4, 0.5) is 0 Å². The van der Waals surface area contributed by atoms with Crippen LogP contribution in [0.25, 0.3) is 0 Å². The van der Waals surface area contributed by atoms with Crippen LogP contribution in [0.3, 0.4) is 0 Å². The lowest BCUT2D eigenvalue weighted by atomic mass is 10.1. The molecule has 0 N–H and O–H groups in total. The number of hydrogen-bond acceptors (Lipinski definition) is 1. The van der Waals surface area contributed by atoms with Gasteiger partial charge in [-0.1, -0.05) is 12.8 Å². The third kappa shape index (κ3) is 2.42. The minimum Gasteiger partial charge on any atom is -0.502 e. The van der Waals surface area contributed by atoms with Crippen LogP contribution in [0.2, 0.25) is 0 Å². The first-order valence-electron chi connectivity index (χ1n) is 4.21. The number of hydrogen-bond donors (Lipinski definition) is 0. The lowest BCUT2D eigenvalue weighted by molar-refractivity contribution is 0.266. The molecular formula is C9H16O. The Morgan fingerprint density at radius 3 is 2.70 bits per heavy atom. The van der Waals surface area contributed by atoms with E-state index in [1.807, 2.05) is 13.2 Å². The first-order valence-corrected chi connectivity index (χ1v) is 4.21. The maximum absolute atomic E-state index is 5.11. The maximum atomic E-state index is 5.11. The second-order valence-corrected chi connectivity index (χ2v) is 2.83. The molecule has 0 atom stereocenters. The standard InChI is InChI=1S/C9H16O/c1-2-10-8-7-9-5-3-4-6-9/h7-9H,2-6H2,1H3/b8-7+. The van der Waals surface area contributed by atoms with E-state index in [1.54, 1.807) is 0 Å². The highest BCUT2D eigenvalue weighted by Gasteiger charge is 2.10. The van der Waals surface area contributed by atoms with E-state index < -0.39 is 0 Å². The van der Waals surface area contributed by atoms with Crippen molar-refractivity contribution in [1.82, 2.24) is 0 Å². The van der Waals surface area contributed by atoms with Crippen molar-refractivity contribution in [1.29, 1.82) is 0 Å². The Balaban J connectivity index is 2.10. The minimum atomic E-state index is 0.795. The van der Waals surface area contributed by atoms with Gasteiger partial charge in [0.2, 0.25) is 0 Å². The Kier molecular flexibility index (Phi) is 3.34. The predicted octanol–water partition coefficient (Wildman–Crippen LogP) is 2.73. The molecule has 0 bridgehead atoms. The summed E-state index contributed by atoms with van der Waals surface area (Å²) in [6.07, 6.45) is 9.60. The number of ether oxygens (including phenoxy) is 1. The normalized spacial score (nSPS) is 20.5. The molecule has 1 rings (SSSR count). The van der Waals surface area contributed by atoms with Gasteiger partial charge in [-0.2, -0.15) is 0 Å². The van der Waals surface area contributed by atoms with Crippen LogP contribution in [-0.4, -0.2) is 6.61 Å². The van der Waals surface area contributed by atoms with E-state index in [0.29, 0.717) is 0 Å². The van der Waals surface area contributed by atoms with Crippen molar-refractivity contribution < 1.29 is 4.74 Å². The molecule has 1 aliphatic rings. The lowest BCUT2D eigenvalue weighted by Gasteiger charge is -1.99. The maximum Gasteiger partial charge on any atom is 0.0845 e. The van der Waals surface area contributed by atoms with E-state index in [1.165, 1.54) is 25.7 Å². The molecule has 0 amide bonds. The van der Waals surface area contributed by atoms with E-state index in [2.05, 4.69) is 6.08 Å². The molecule has 0 spiro atoms. The summed E-state index contributed by atoms with van der Waals surface area (Å²) < 4.78 is 5.11. The molecule has 0 unspecified atom stereocenters. The Labute approximate surface area is 63.1 Å². The van der Waals surface area contributed by atoms with Gasteiger partial charge in [0.25, 0.3) is 0 Å². The molecule has 0 aliphatic heterocycles. The fourth-order valence-corrected chi connectivity index (χ4v) is 1.41. The Morgan fingerprint density at radius 2 is 2.10 bits per heavy atom. The Bertz CT molecular complexity index is 101. The fraction of sp³-hybridized carbons (Fsp3) is 0.778. The quantitative estimate of drug-likeness (QED) is 0.548. The van der Waals surface area contributed by atoms with Crippen molar-refractivity contribution in [3.63, 3.8) is 0 Å². The molecule has 0 heterocycles. The zero-order valence-corrected chi connectivity index (χ0v) is 6.68. The van der Waals surface area contributed by atoms with E-state index in [-0.39, 0.29) is 0 Å². The summed E-state index contributed by atoms with van der Waals surface area (Å²) in [6, 6.07) is 0. The molecule has 1 heteroatoms. The minimum absolute atomic E-state index is 0.795. The zero-order valence-electron chi connectivity index (χ0n) is 6.68. The molecule has 10 heavy (non-hydrogen) atoms. The van der Waals surface area contributed by atoms with E-state index in [9.17, 15) is 0 Å². The zero-order chi connectivity index (χ0) is 7.23. The number of rotatable bonds is 3. The molecule has 0 saturated heterocycles. The van der Waals surface area contributed by atoms with Gasteiger partial charge in [-0.3, -0.25) is 0 Å². The smallest absolute Gasteiger partial charge is 0.0845 e. The SMILES string of the molecule is CCO/C=C/C1CCCC1. The van der Waals surface area contributed by atoms with Crippen LogP contribution in [-0.2, 0) is 4.74 Å². The molecule has 0 aromatic rings. The van der Waals surface area contributed by atoms with Crippen LogP contribution in [0.1, 0.15) is 32.6 Å². The first-order chi connectivity index (χ1) is 4.93. The third-order valence-corrected chi connectivity index (χ3v) is 2.01. The first kappa shape index (κ1) is 7.64. The van der Waals surface area contributed by atoms with Gasteiger partial charge in [-0.15, -0.1) is 0 Å². The van der Waals surface area contributed by atoms with Crippen LogP contribution in [0.5, 0.6) is 0 Å². The monoisotopic (exact) mass is 140 g/mol. The summed E-state index contributed by atoms with van der Waals surface area (Å²) in [5, 5.41) is 0. The van der Waals surface area contributed by atoms with Gasteiger partial charge in [0.1, 0.15) is 0 Å². The molecule has 0 radical (unpaired) electrons. The summed E-state index contributed by atoms with van der Waals surface area (Å²) in [5.74, 6) is 0.812. The van der Waals surface area contributed by atoms with Gasteiger partial charge < -0.3 is 4.74 Å². The average molecular weight is 140 g/mol. The van der Waals surface area contributed by atoms with Crippen LogP contribution < -0.4 is 0 Å². The van der Waals surface area contributed by atoms with Gasteiger partial charge >= 0.3 is 0 Å². The van der Waals surface area contributed by atoms with Crippen LogP contribution in [0.15, 0.2) is 12.3 Å². The molecule has 1 saturated carbocycles. The fourth-order valence-electron chi connectivity index (χ4n) is 1.41. The van der Waals surface area contributed by atoms with Crippen molar-refractivity contribution >= 4 is 0 Å². The largest absolute Gasteiger partial charge is 0.502 e. The van der Waals surface area contributed by atoms with Crippen LogP contribution in [0, 0.1) is 5.92 Å². The van der Waals surface area contributed by atoms with Gasteiger partial charge in [0, 0.05) is 0 Å². The predicted molar refractivity (Wildman–Crippen MR) is 42.7 cm³/mol. The molecule has 0 aromatic heterocycles. The summed E-state index contributed by atoms with van der Waals surface area (Å²) in [7, 11) is 0. The highest BCUT2D eigenvalue weighted by molar-refractivity contribution is 4.86. The van der Waals surface area contributed by atoms with Gasteiger partial charge in [0.05, 0.1) is 12.9 Å². The second kappa shape index (κ2) is 4.37. The second-order valence-electron chi connectivity index (χ2n) is 2.83. The Morgan fingerprint density at radius 1 is 1.40 bits per heavy atom. The summed E-state index contributed by atoms with van der Waals surface area (Å²) in [6.45, 7) is 2.81. The lowest BCUT2D eigenvalue weighted by Crippen LogP contribution is -1.86. The van der Waals surface area contributed by atoms with Gasteiger partial charge in [0.15, 0.2) is 0 Å². The molecule has 58 valence electrons. The molecule has 0 aromatic carbocycles. The van der Waals surface area contributed by atoms with Crippen molar-refractivity contribution in [3.05, 3.63) is 12.3 Å². The molecule has 1 fully saturated rings. The van der Waals surface area contributed by atoms with E-state index >= 15 is 0 Å². The highest BCUT2D eigenvalue weighted by atomic mass is 16.5. The summed E-state index contributed by atoms with van der Waals surface area (Å²) in [4.78, 5) is 0. The highest BCUT2D eigenvalue weighted by Crippen LogP contribution is 2.25. The van der Waals surface area contributed by atoms with Crippen molar-refractivity contribution in [2.45, 2.75) is 32.6 Å². The summed E-state index contributed by atoms with van der Waals surface area (Å²) >= 11 is 0. The van der Waals surface area contributed by atoms with Crippen molar-refractivity contribution in [2.75, 3.05) is 6.61 Å². The topological polar surface area (TPSA) is 9.23 Å². The number of allylic oxidation sites excluding steroid dienone is 1.